The van der Waals surface area contributed by atoms with Crippen LogP contribution in [0, 0.1) is 5.92 Å². The summed E-state index contributed by atoms with van der Waals surface area (Å²) >= 11 is 1.37. The number of carboxylic acids is 1. The predicted octanol–water partition coefficient (Wildman–Crippen LogP) is 2.42. The molecule has 0 aromatic carbocycles. The second kappa shape index (κ2) is 6.04. The molecule has 2 rings (SSSR count). The van der Waals surface area contributed by atoms with E-state index in [9.17, 15) is 9.59 Å². The summed E-state index contributed by atoms with van der Waals surface area (Å²) in [6.45, 7) is 4.07. The molecular formula is C13H17N3O3S. The van der Waals surface area contributed by atoms with E-state index in [2.05, 4.69) is 15.6 Å². The Kier molecular flexibility index (Phi) is 4.39. The highest BCUT2D eigenvalue weighted by Crippen LogP contribution is 2.22. The molecule has 0 radical (unpaired) electrons. The topological polar surface area (TPSA) is 91.3 Å². The minimum absolute atomic E-state index is 0.249. The average Bonchev–Trinajstić information content (AvgIpc) is 2.98. The first kappa shape index (κ1) is 14.5. The zero-order chi connectivity index (χ0) is 14.7. The van der Waals surface area contributed by atoms with Crippen molar-refractivity contribution >= 4 is 28.5 Å². The van der Waals surface area contributed by atoms with Gasteiger partial charge in [0.05, 0.1) is 17.7 Å². The molecule has 2 amide bonds. The summed E-state index contributed by atoms with van der Waals surface area (Å²) < 4.78 is 0. The van der Waals surface area contributed by atoms with Crippen LogP contribution in [-0.2, 0) is 4.79 Å². The van der Waals surface area contributed by atoms with E-state index in [1.807, 2.05) is 19.2 Å². The van der Waals surface area contributed by atoms with E-state index < -0.39 is 11.9 Å². The first-order valence-electron chi connectivity index (χ1n) is 6.39. The lowest BCUT2D eigenvalue weighted by atomic mass is 10.1. The van der Waals surface area contributed by atoms with Gasteiger partial charge in [0.25, 0.3) is 0 Å². The molecule has 1 heterocycles. The number of nitrogens with zero attached hydrogens (tertiary/aromatic N) is 1. The van der Waals surface area contributed by atoms with Crippen molar-refractivity contribution in [2.24, 2.45) is 5.92 Å². The lowest BCUT2D eigenvalue weighted by Gasteiger charge is -2.11. The van der Waals surface area contributed by atoms with E-state index in [0.717, 1.165) is 5.69 Å². The summed E-state index contributed by atoms with van der Waals surface area (Å²) in [5, 5.41) is 16.7. The molecule has 6 nitrogen and oxygen atoms in total. The Morgan fingerprint density at radius 1 is 1.45 bits per heavy atom. The number of carboxylic acid groups (broad SMARTS) is 1. The molecule has 0 spiro atoms. The van der Waals surface area contributed by atoms with Crippen LogP contribution in [0.15, 0.2) is 17.5 Å². The molecule has 0 saturated heterocycles. The van der Waals surface area contributed by atoms with Crippen molar-refractivity contribution < 1.29 is 14.7 Å². The summed E-state index contributed by atoms with van der Waals surface area (Å²) in [7, 11) is 0. The molecule has 0 saturated carbocycles. The smallest absolute Gasteiger partial charge is 0.321 e. The van der Waals surface area contributed by atoms with Crippen LogP contribution in [0.25, 0.3) is 0 Å². The maximum Gasteiger partial charge on any atom is 0.321 e. The molecule has 0 fully saturated rings. The maximum absolute atomic E-state index is 11.8. The number of hydrogen-bond acceptors (Lipinski definition) is 4. The van der Waals surface area contributed by atoms with E-state index in [4.69, 9.17) is 5.11 Å². The minimum atomic E-state index is -0.868. The number of anilines is 1. The Hall–Kier alpha value is -1.89. The van der Waals surface area contributed by atoms with Crippen LogP contribution in [-0.4, -0.2) is 28.1 Å². The van der Waals surface area contributed by atoms with Gasteiger partial charge in [0.15, 0.2) is 5.13 Å². The fraction of sp³-hybridized carbons (Fsp3) is 0.462. The van der Waals surface area contributed by atoms with Crippen LogP contribution in [0.1, 0.15) is 31.9 Å². The van der Waals surface area contributed by atoms with Gasteiger partial charge >= 0.3 is 12.0 Å². The molecule has 108 valence electrons. The fourth-order valence-electron chi connectivity index (χ4n) is 1.90. The molecule has 2 unspecified atom stereocenters. The van der Waals surface area contributed by atoms with Gasteiger partial charge in [-0.05, 0) is 12.3 Å². The number of urea groups is 1. The summed E-state index contributed by atoms with van der Waals surface area (Å²) in [5.41, 5.74) is 0.942. The van der Waals surface area contributed by atoms with Crippen molar-refractivity contribution in [3.8, 4) is 0 Å². The summed E-state index contributed by atoms with van der Waals surface area (Å²) in [4.78, 5) is 26.9. The number of aromatic nitrogens is 1. The molecule has 0 bridgehead atoms. The molecule has 1 aliphatic carbocycles. The fourth-order valence-corrected chi connectivity index (χ4v) is 2.77. The standard InChI is InChI=1S/C13H17N3O3S/c1-7(2)10-6-20-13(15-10)16-12(19)14-9-4-3-8(5-9)11(17)18/h3-4,6-9H,5H2,1-2H3,(H,17,18)(H2,14,15,16,19). The second-order valence-electron chi connectivity index (χ2n) is 5.00. The number of nitrogens with one attached hydrogen (secondary N) is 2. The highest BCUT2D eigenvalue weighted by Gasteiger charge is 2.25. The van der Waals surface area contributed by atoms with E-state index in [0.29, 0.717) is 17.5 Å². The number of rotatable bonds is 4. The third-order valence-corrected chi connectivity index (χ3v) is 3.83. The van der Waals surface area contributed by atoms with Gasteiger partial charge in [-0.1, -0.05) is 26.0 Å². The maximum atomic E-state index is 11.8. The third kappa shape index (κ3) is 3.57. The lowest BCUT2D eigenvalue weighted by molar-refractivity contribution is -0.140. The normalized spacial score (nSPS) is 21.1. The first-order chi connectivity index (χ1) is 9.45. The van der Waals surface area contributed by atoms with Crippen molar-refractivity contribution in [1.82, 2.24) is 10.3 Å². The Morgan fingerprint density at radius 3 is 2.75 bits per heavy atom. The van der Waals surface area contributed by atoms with Gasteiger partial charge < -0.3 is 10.4 Å². The molecule has 2 atom stereocenters. The third-order valence-electron chi connectivity index (χ3n) is 3.05. The number of aliphatic carboxylic acids is 1. The average molecular weight is 295 g/mol. The van der Waals surface area contributed by atoms with Crippen molar-refractivity contribution in [3.05, 3.63) is 23.2 Å². The molecule has 20 heavy (non-hydrogen) atoms. The van der Waals surface area contributed by atoms with E-state index in [1.54, 1.807) is 12.2 Å². The summed E-state index contributed by atoms with van der Waals surface area (Å²) in [6.07, 6.45) is 3.70. The van der Waals surface area contributed by atoms with Crippen LogP contribution in [0.3, 0.4) is 0 Å². The largest absolute Gasteiger partial charge is 0.481 e. The zero-order valence-electron chi connectivity index (χ0n) is 11.3. The predicted molar refractivity (Wildman–Crippen MR) is 77.0 cm³/mol. The highest BCUT2D eigenvalue weighted by atomic mass is 32.1. The quantitative estimate of drug-likeness (QED) is 0.744. The van der Waals surface area contributed by atoms with E-state index >= 15 is 0 Å². The van der Waals surface area contributed by atoms with Gasteiger partial charge in [-0.2, -0.15) is 0 Å². The Balaban J connectivity index is 1.84. The lowest BCUT2D eigenvalue weighted by Crippen LogP contribution is -2.36. The molecule has 1 aromatic rings. The SMILES string of the molecule is CC(C)c1csc(NC(=O)NC2C=CC(C(=O)O)C2)n1. The molecule has 0 aliphatic heterocycles. The van der Waals surface area contributed by atoms with Gasteiger partial charge in [-0.15, -0.1) is 11.3 Å². The minimum Gasteiger partial charge on any atom is -0.481 e. The molecule has 1 aliphatic rings. The van der Waals surface area contributed by atoms with Gasteiger partial charge in [0.2, 0.25) is 0 Å². The molecule has 1 aromatic heterocycles. The van der Waals surface area contributed by atoms with Crippen molar-refractivity contribution in [2.45, 2.75) is 32.2 Å². The van der Waals surface area contributed by atoms with Gasteiger partial charge in [-0.3, -0.25) is 10.1 Å². The van der Waals surface area contributed by atoms with Crippen LogP contribution in [0.5, 0.6) is 0 Å². The van der Waals surface area contributed by atoms with Crippen molar-refractivity contribution in [3.63, 3.8) is 0 Å². The number of amides is 2. The van der Waals surface area contributed by atoms with E-state index in [1.165, 1.54) is 11.3 Å². The first-order valence-corrected chi connectivity index (χ1v) is 7.27. The number of carbonyl (C=O) groups is 2. The zero-order valence-corrected chi connectivity index (χ0v) is 12.1. The molecular weight excluding hydrogens is 278 g/mol. The summed E-state index contributed by atoms with van der Waals surface area (Å²) in [5.74, 6) is -1.07. The molecule has 7 heteroatoms. The van der Waals surface area contributed by atoms with E-state index in [-0.39, 0.29) is 12.1 Å². The summed E-state index contributed by atoms with van der Waals surface area (Å²) in [6, 6.07) is -0.615. The Bertz CT molecular complexity index is 539. The second-order valence-corrected chi connectivity index (χ2v) is 5.86. The van der Waals surface area contributed by atoms with Crippen LogP contribution < -0.4 is 10.6 Å². The van der Waals surface area contributed by atoms with Crippen LogP contribution >= 0.6 is 11.3 Å². The Labute approximate surface area is 120 Å². The monoisotopic (exact) mass is 295 g/mol. The highest BCUT2D eigenvalue weighted by molar-refractivity contribution is 7.13. The Morgan fingerprint density at radius 2 is 2.20 bits per heavy atom. The van der Waals surface area contributed by atoms with Crippen LogP contribution in [0.4, 0.5) is 9.93 Å². The van der Waals surface area contributed by atoms with Gasteiger partial charge in [0, 0.05) is 5.38 Å². The van der Waals surface area contributed by atoms with Gasteiger partial charge in [0.1, 0.15) is 0 Å². The van der Waals surface area contributed by atoms with Crippen molar-refractivity contribution in [2.75, 3.05) is 5.32 Å². The van der Waals surface area contributed by atoms with Gasteiger partial charge in [-0.25, -0.2) is 9.78 Å². The van der Waals surface area contributed by atoms with Crippen LogP contribution in [0.2, 0.25) is 0 Å². The number of carbonyl (C=O) groups excluding carboxylic acids is 1. The number of thiazole rings is 1. The number of hydrogen-bond donors (Lipinski definition) is 3. The molecule has 3 N–H and O–H groups in total. The van der Waals surface area contributed by atoms with Crippen molar-refractivity contribution in [1.29, 1.82) is 0 Å².